The molecular weight excluding hydrogens is 335 g/mol. The maximum absolute atomic E-state index is 5.97. The van der Waals surface area contributed by atoms with Crippen molar-refractivity contribution in [3.8, 4) is 0 Å². The third kappa shape index (κ3) is 4.20. The molecule has 1 rings (SSSR count). The van der Waals surface area contributed by atoms with Crippen molar-refractivity contribution < 1.29 is 0 Å². The summed E-state index contributed by atoms with van der Waals surface area (Å²) in [5.41, 5.74) is 6.94. The molecule has 2 nitrogen and oxygen atoms in total. The second-order valence-corrected chi connectivity index (χ2v) is 5.80. The van der Waals surface area contributed by atoms with Crippen LogP contribution in [0.4, 0.5) is 0 Å². The van der Waals surface area contributed by atoms with Gasteiger partial charge in [-0.1, -0.05) is 25.4 Å². The molecular formula is C12H18ClIN2. The highest BCUT2D eigenvalue weighted by Crippen LogP contribution is 2.18. The Balaban J connectivity index is 2.63. The van der Waals surface area contributed by atoms with E-state index in [-0.39, 0.29) is 0 Å². The Hall–Kier alpha value is 0.160. The molecule has 0 heterocycles. The van der Waals surface area contributed by atoms with Crippen LogP contribution in [0.15, 0.2) is 18.2 Å². The summed E-state index contributed by atoms with van der Waals surface area (Å²) in [7, 11) is 0. The highest BCUT2D eigenvalue weighted by molar-refractivity contribution is 14.1. The zero-order valence-electron chi connectivity index (χ0n) is 9.63. The molecule has 0 fully saturated rings. The lowest BCUT2D eigenvalue weighted by atomic mass is 10.0. The summed E-state index contributed by atoms with van der Waals surface area (Å²) in [5, 5.41) is 4.25. The Morgan fingerprint density at radius 1 is 1.44 bits per heavy atom. The van der Waals surface area contributed by atoms with Crippen LogP contribution >= 0.6 is 34.2 Å². The van der Waals surface area contributed by atoms with Crippen molar-refractivity contribution >= 4 is 34.2 Å². The molecule has 0 saturated heterocycles. The van der Waals surface area contributed by atoms with Crippen molar-refractivity contribution in [1.82, 2.24) is 5.32 Å². The van der Waals surface area contributed by atoms with E-state index in [1.807, 2.05) is 18.2 Å². The third-order valence-corrected chi connectivity index (χ3v) is 3.91. The average molecular weight is 353 g/mol. The SMILES string of the molecule is CC(C)C(CN)NCc1cc(Cl)ccc1I. The first-order valence-electron chi connectivity index (χ1n) is 5.42. The second kappa shape index (κ2) is 6.79. The normalized spacial score (nSPS) is 13.1. The maximum Gasteiger partial charge on any atom is 0.0409 e. The van der Waals surface area contributed by atoms with Crippen molar-refractivity contribution in [3.05, 3.63) is 32.4 Å². The molecule has 1 aromatic carbocycles. The molecule has 0 spiro atoms. The number of nitrogens with one attached hydrogen (secondary N) is 1. The van der Waals surface area contributed by atoms with E-state index in [1.54, 1.807) is 0 Å². The zero-order valence-corrected chi connectivity index (χ0v) is 12.5. The Labute approximate surface area is 116 Å². The lowest BCUT2D eigenvalue weighted by Crippen LogP contribution is -2.39. The van der Waals surface area contributed by atoms with Gasteiger partial charge in [0.1, 0.15) is 0 Å². The van der Waals surface area contributed by atoms with Gasteiger partial charge in [-0.15, -0.1) is 0 Å². The van der Waals surface area contributed by atoms with Crippen molar-refractivity contribution in [2.75, 3.05) is 6.54 Å². The van der Waals surface area contributed by atoms with Crippen LogP contribution in [0.5, 0.6) is 0 Å². The highest BCUT2D eigenvalue weighted by Gasteiger charge is 2.11. The first-order chi connectivity index (χ1) is 7.54. The number of nitrogens with two attached hydrogens (primary N) is 1. The first kappa shape index (κ1) is 14.2. The minimum absolute atomic E-state index is 0.356. The van der Waals surface area contributed by atoms with Crippen molar-refractivity contribution in [2.45, 2.75) is 26.4 Å². The molecule has 0 aromatic heterocycles. The van der Waals surface area contributed by atoms with E-state index in [1.165, 1.54) is 9.13 Å². The summed E-state index contributed by atoms with van der Waals surface area (Å²) in [6.45, 7) is 5.83. The summed E-state index contributed by atoms with van der Waals surface area (Å²) in [4.78, 5) is 0. The fraction of sp³-hybridized carbons (Fsp3) is 0.500. The van der Waals surface area contributed by atoms with E-state index in [0.29, 0.717) is 18.5 Å². The van der Waals surface area contributed by atoms with Gasteiger partial charge in [0.2, 0.25) is 0 Å². The van der Waals surface area contributed by atoms with Crippen LogP contribution in [0, 0.1) is 9.49 Å². The number of hydrogen-bond donors (Lipinski definition) is 2. The van der Waals surface area contributed by atoms with E-state index in [2.05, 4.69) is 41.8 Å². The lowest BCUT2D eigenvalue weighted by Gasteiger charge is -2.21. The van der Waals surface area contributed by atoms with Gasteiger partial charge < -0.3 is 11.1 Å². The molecule has 1 unspecified atom stereocenters. The van der Waals surface area contributed by atoms with Crippen LogP contribution in [0.1, 0.15) is 19.4 Å². The molecule has 0 radical (unpaired) electrons. The third-order valence-electron chi connectivity index (χ3n) is 2.62. The molecule has 1 atom stereocenters. The summed E-state index contributed by atoms with van der Waals surface area (Å²) in [6, 6.07) is 6.31. The Morgan fingerprint density at radius 3 is 2.69 bits per heavy atom. The molecule has 0 aliphatic heterocycles. The Bertz CT molecular complexity index is 342. The zero-order chi connectivity index (χ0) is 12.1. The summed E-state index contributed by atoms with van der Waals surface area (Å²) in [5.74, 6) is 0.543. The predicted molar refractivity (Wildman–Crippen MR) is 78.7 cm³/mol. The topological polar surface area (TPSA) is 38.0 Å². The van der Waals surface area contributed by atoms with E-state index in [9.17, 15) is 0 Å². The van der Waals surface area contributed by atoms with E-state index in [0.717, 1.165) is 11.6 Å². The summed E-state index contributed by atoms with van der Waals surface area (Å²) in [6.07, 6.45) is 0. The van der Waals surface area contributed by atoms with Crippen LogP contribution in [0.25, 0.3) is 0 Å². The Kier molecular flexibility index (Phi) is 6.03. The molecule has 1 aromatic rings. The van der Waals surface area contributed by atoms with E-state index >= 15 is 0 Å². The molecule has 0 amide bonds. The molecule has 90 valence electrons. The molecule has 16 heavy (non-hydrogen) atoms. The van der Waals surface area contributed by atoms with Gasteiger partial charge in [0.25, 0.3) is 0 Å². The fourth-order valence-corrected chi connectivity index (χ4v) is 2.23. The lowest BCUT2D eigenvalue weighted by molar-refractivity contribution is 0.404. The number of halogens is 2. The van der Waals surface area contributed by atoms with Gasteiger partial charge in [-0.3, -0.25) is 0 Å². The summed E-state index contributed by atoms with van der Waals surface area (Å²) < 4.78 is 1.23. The quantitative estimate of drug-likeness (QED) is 0.800. The molecule has 0 bridgehead atoms. The van der Waals surface area contributed by atoms with E-state index < -0.39 is 0 Å². The van der Waals surface area contributed by atoms with Gasteiger partial charge in [-0.25, -0.2) is 0 Å². The van der Waals surface area contributed by atoms with Crippen LogP contribution < -0.4 is 11.1 Å². The standard InChI is InChI=1S/C12H18ClIN2/c1-8(2)12(6-15)16-7-9-5-10(13)3-4-11(9)14/h3-5,8,12,16H,6-7,15H2,1-2H3. The van der Waals surface area contributed by atoms with Gasteiger partial charge in [0, 0.05) is 27.7 Å². The molecule has 0 aliphatic rings. The average Bonchev–Trinajstić information content (AvgIpc) is 2.23. The van der Waals surface area contributed by atoms with Crippen LogP contribution in [0.3, 0.4) is 0 Å². The molecule has 0 aliphatic carbocycles. The van der Waals surface area contributed by atoms with Crippen LogP contribution in [0.2, 0.25) is 5.02 Å². The van der Waals surface area contributed by atoms with Crippen LogP contribution in [-0.2, 0) is 6.54 Å². The minimum Gasteiger partial charge on any atom is -0.329 e. The van der Waals surface area contributed by atoms with Gasteiger partial charge in [-0.2, -0.15) is 0 Å². The van der Waals surface area contributed by atoms with Crippen molar-refractivity contribution in [1.29, 1.82) is 0 Å². The minimum atomic E-state index is 0.356. The van der Waals surface area contributed by atoms with Crippen LogP contribution in [-0.4, -0.2) is 12.6 Å². The predicted octanol–water partition coefficient (Wildman–Crippen LogP) is 3.02. The highest BCUT2D eigenvalue weighted by atomic mass is 127. The fourth-order valence-electron chi connectivity index (χ4n) is 1.51. The second-order valence-electron chi connectivity index (χ2n) is 4.20. The van der Waals surface area contributed by atoms with Gasteiger partial charge in [0.15, 0.2) is 0 Å². The van der Waals surface area contributed by atoms with Gasteiger partial charge in [0.05, 0.1) is 0 Å². The molecule has 0 saturated carbocycles. The van der Waals surface area contributed by atoms with Crippen molar-refractivity contribution in [2.24, 2.45) is 11.7 Å². The number of rotatable bonds is 5. The van der Waals surface area contributed by atoms with E-state index in [4.69, 9.17) is 17.3 Å². The number of benzene rings is 1. The first-order valence-corrected chi connectivity index (χ1v) is 6.87. The van der Waals surface area contributed by atoms with Crippen molar-refractivity contribution in [3.63, 3.8) is 0 Å². The summed E-state index contributed by atoms with van der Waals surface area (Å²) >= 11 is 8.30. The number of hydrogen-bond acceptors (Lipinski definition) is 2. The van der Waals surface area contributed by atoms with Gasteiger partial charge >= 0.3 is 0 Å². The monoisotopic (exact) mass is 352 g/mol. The molecule has 3 N–H and O–H groups in total. The maximum atomic E-state index is 5.97. The smallest absolute Gasteiger partial charge is 0.0409 e. The van der Waals surface area contributed by atoms with Gasteiger partial charge in [-0.05, 0) is 52.3 Å². The molecule has 4 heteroatoms. The Morgan fingerprint density at radius 2 is 2.12 bits per heavy atom. The largest absolute Gasteiger partial charge is 0.329 e.